The van der Waals surface area contributed by atoms with Crippen LogP contribution in [0.5, 0.6) is 0 Å². The Morgan fingerprint density at radius 2 is 1.96 bits per heavy atom. The first-order valence-electron chi connectivity index (χ1n) is 9.59. The van der Waals surface area contributed by atoms with Crippen molar-refractivity contribution >= 4 is 45.9 Å². The molecule has 1 aromatic heterocycles. The summed E-state index contributed by atoms with van der Waals surface area (Å²) in [5.74, 6) is 2.61. The van der Waals surface area contributed by atoms with E-state index in [9.17, 15) is 0 Å². The average Bonchev–Trinajstić information content (AvgIpc) is 3.01. The van der Waals surface area contributed by atoms with Crippen molar-refractivity contribution in [2.24, 2.45) is 12.0 Å². The normalized spacial score (nSPS) is 16.4. The second kappa shape index (κ2) is 10.6. The molecule has 0 aliphatic heterocycles. The Morgan fingerprint density at radius 1 is 1.21 bits per heavy atom. The molecule has 0 unspecified atom stereocenters. The van der Waals surface area contributed by atoms with E-state index in [1.807, 2.05) is 25.6 Å². The Labute approximate surface area is 193 Å². The Hall–Kier alpha value is -1.16. The molecular weight excluding hydrogens is 531 g/mol. The number of aromatic nitrogens is 3. The molecule has 1 aliphatic rings. The van der Waals surface area contributed by atoms with Crippen molar-refractivity contribution in [1.29, 1.82) is 0 Å². The number of rotatable bonds is 5. The van der Waals surface area contributed by atoms with Crippen molar-refractivity contribution < 1.29 is 0 Å². The van der Waals surface area contributed by atoms with Crippen LogP contribution in [-0.2, 0) is 19.0 Å². The summed E-state index contributed by atoms with van der Waals surface area (Å²) in [5.41, 5.74) is 1.56. The third-order valence-corrected chi connectivity index (χ3v) is 6.16. The summed E-state index contributed by atoms with van der Waals surface area (Å²) in [6.45, 7) is 3.43. The van der Waals surface area contributed by atoms with Crippen LogP contribution in [0, 0.1) is 6.92 Å². The average molecular weight is 561 g/mol. The van der Waals surface area contributed by atoms with Crippen molar-refractivity contribution in [3.63, 3.8) is 0 Å². The second-order valence-electron chi connectivity index (χ2n) is 7.35. The third kappa shape index (κ3) is 5.46. The predicted molar refractivity (Wildman–Crippen MR) is 128 cm³/mol. The molecule has 28 heavy (non-hydrogen) atoms. The summed E-state index contributed by atoms with van der Waals surface area (Å²) in [4.78, 5) is 4.39. The SMILES string of the molecule is CN=C(NCc1nnc(C)n1C)NCC1(c2cccc(Br)c2)CCCCC1.I. The van der Waals surface area contributed by atoms with E-state index in [-0.39, 0.29) is 29.4 Å². The maximum atomic E-state index is 4.39. The molecule has 1 saturated carbocycles. The first-order chi connectivity index (χ1) is 13.0. The van der Waals surface area contributed by atoms with Crippen LogP contribution in [0.2, 0.25) is 0 Å². The van der Waals surface area contributed by atoms with Gasteiger partial charge in [0.2, 0.25) is 0 Å². The van der Waals surface area contributed by atoms with E-state index < -0.39 is 0 Å². The van der Waals surface area contributed by atoms with Crippen molar-refractivity contribution in [3.05, 3.63) is 46.0 Å². The Morgan fingerprint density at radius 3 is 2.57 bits per heavy atom. The molecule has 2 N–H and O–H groups in total. The van der Waals surface area contributed by atoms with Gasteiger partial charge in [-0.3, -0.25) is 4.99 Å². The van der Waals surface area contributed by atoms with Crippen LogP contribution in [0.3, 0.4) is 0 Å². The van der Waals surface area contributed by atoms with Gasteiger partial charge in [0.25, 0.3) is 0 Å². The number of guanidine groups is 1. The molecule has 3 rings (SSSR count). The number of halogens is 2. The minimum atomic E-state index is 0. The zero-order valence-corrected chi connectivity index (χ0v) is 20.8. The largest absolute Gasteiger partial charge is 0.356 e. The van der Waals surface area contributed by atoms with Gasteiger partial charge in [0.1, 0.15) is 5.82 Å². The fourth-order valence-corrected chi connectivity index (χ4v) is 4.25. The lowest BCUT2D eigenvalue weighted by Crippen LogP contribution is -2.46. The number of nitrogens with one attached hydrogen (secondary N) is 2. The van der Waals surface area contributed by atoms with Gasteiger partial charge in [-0.2, -0.15) is 0 Å². The summed E-state index contributed by atoms with van der Waals surface area (Å²) in [7, 11) is 3.79. The fraction of sp³-hybridized carbons (Fsp3) is 0.550. The minimum Gasteiger partial charge on any atom is -0.356 e. The molecule has 6 nitrogen and oxygen atoms in total. The van der Waals surface area contributed by atoms with Gasteiger partial charge in [0.05, 0.1) is 6.54 Å². The van der Waals surface area contributed by atoms with E-state index in [1.165, 1.54) is 37.7 Å². The predicted octanol–water partition coefficient (Wildman–Crippen LogP) is 4.07. The topological polar surface area (TPSA) is 67.1 Å². The molecule has 2 aromatic rings. The van der Waals surface area contributed by atoms with Gasteiger partial charge in [0, 0.05) is 30.5 Å². The van der Waals surface area contributed by atoms with Gasteiger partial charge in [-0.1, -0.05) is 47.3 Å². The third-order valence-electron chi connectivity index (χ3n) is 5.66. The Kier molecular flexibility index (Phi) is 8.73. The number of aryl methyl sites for hydroxylation is 1. The molecule has 0 radical (unpaired) electrons. The van der Waals surface area contributed by atoms with E-state index in [1.54, 1.807) is 0 Å². The van der Waals surface area contributed by atoms with Crippen molar-refractivity contribution in [2.75, 3.05) is 13.6 Å². The number of aliphatic imine (C=N–C) groups is 1. The van der Waals surface area contributed by atoms with Gasteiger partial charge in [-0.15, -0.1) is 34.2 Å². The molecule has 1 aromatic carbocycles. The standard InChI is InChI=1S/C20H29BrN6.HI/c1-15-25-26-18(27(15)3)13-23-19(22-2)24-14-20(10-5-4-6-11-20)16-8-7-9-17(21)12-16;/h7-9,12H,4-6,10-11,13-14H2,1-3H3,(H2,22,23,24);1H. The van der Waals surface area contributed by atoms with Gasteiger partial charge in [0.15, 0.2) is 11.8 Å². The second-order valence-corrected chi connectivity index (χ2v) is 8.27. The quantitative estimate of drug-likeness (QED) is 0.329. The molecule has 0 saturated heterocycles. The van der Waals surface area contributed by atoms with Gasteiger partial charge in [-0.25, -0.2) is 0 Å². The highest BCUT2D eigenvalue weighted by Gasteiger charge is 2.34. The molecule has 1 aliphatic carbocycles. The molecule has 8 heteroatoms. The monoisotopic (exact) mass is 560 g/mol. The maximum Gasteiger partial charge on any atom is 0.191 e. The van der Waals surface area contributed by atoms with Crippen molar-refractivity contribution in [3.8, 4) is 0 Å². The van der Waals surface area contributed by atoms with Gasteiger partial charge < -0.3 is 15.2 Å². The number of benzene rings is 1. The number of hydrogen-bond donors (Lipinski definition) is 2. The number of nitrogens with zero attached hydrogens (tertiary/aromatic N) is 4. The van der Waals surface area contributed by atoms with Crippen molar-refractivity contribution in [2.45, 2.75) is 51.0 Å². The molecule has 1 heterocycles. The molecule has 154 valence electrons. The van der Waals surface area contributed by atoms with Crippen molar-refractivity contribution in [1.82, 2.24) is 25.4 Å². The zero-order chi connectivity index (χ0) is 19.3. The maximum absolute atomic E-state index is 4.39. The summed E-state index contributed by atoms with van der Waals surface area (Å²) in [6.07, 6.45) is 6.29. The van der Waals surface area contributed by atoms with Crippen LogP contribution in [0.25, 0.3) is 0 Å². The highest BCUT2D eigenvalue weighted by molar-refractivity contribution is 14.0. The lowest BCUT2D eigenvalue weighted by atomic mass is 9.69. The first-order valence-corrected chi connectivity index (χ1v) is 10.4. The molecule has 0 spiro atoms. The fourth-order valence-electron chi connectivity index (χ4n) is 3.86. The molecule has 0 atom stereocenters. The van der Waals surface area contributed by atoms with Crippen LogP contribution in [0.4, 0.5) is 0 Å². The Balaban J connectivity index is 0.00000280. The van der Waals surface area contributed by atoms with Crippen LogP contribution in [0.1, 0.15) is 49.3 Å². The minimum absolute atomic E-state index is 0. The first kappa shape index (κ1) is 23.1. The lowest BCUT2D eigenvalue weighted by Gasteiger charge is -2.38. The van der Waals surface area contributed by atoms with Crippen LogP contribution < -0.4 is 10.6 Å². The summed E-state index contributed by atoms with van der Waals surface area (Å²) < 4.78 is 3.13. The van der Waals surface area contributed by atoms with E-state index in [0.29, 0.717) is 6.54 Å². The van der Waals surface area contributed by atoms with E-state index in [0.717, 1.165) is 28.6 Å². The summed E-state index contributed by atoms with van der Waals surface area (Å²) in [6, 6.07) is 8.76. The smallest absolute Gasteiger partial charge is 0.191 e. The summed E-state index contributed by atoms with van der Waals surface area (Å²) >= 11 is 3.63. The van der Waals surface area contributed by atoms with E-state index in [4.69, 9.17) is 0 Å². The molecular formula is C20H30BrIN6. The highest BCUT2D eigenvalue weighted by atomic mass is 127. The Bertz CT molecular complexity index is 798. The van der Waals surface area contributed by atoms with E-state index >= 15 is 0 Å². The van der Waals surface area contributed by atoms with E-state index in [2.05, 4.69) is 66.0 Å². The lowest BCUT2D eigenvalue weighted by molar-refractivity contribution is 0.291. The van der Waals surface area contributed by atoms with Crippen LogP contribution in [-0.4, -0.2) is 34.3 Å². The molecule has 0 amide bonds. The zero-order valence-electron chi connectivity index (χ0n) is 16.8. The van der Waals surface area contributed by atoms with Crippen LogP contribution in [0.15, 0.2) is 33.7 Å². The van der Waals surface area contributed by atoms with Gasteiger partial charge in [-0.05, 0) is 37.5 Å². The van der Waals surface area contributed by atoms with Gasteiger partial charge >= 0.3 is 0 Å². The molecule has 0 bridgehead atoms. The van der Waals surface area contributed by atoms with Crippen LogP contribution >= 0.6 is 39.9 Å². The highest BCUT2D eigenvalue weighted by Crippen LogP contribution is 2.39. The summed E-state index contributed by atoms with van der Waals surface area (Å²) in [5, 5.41) is 15.2. The number of hydrogen-bond acceptors (Lipinski definition) is 3. The molecule has 1 fully saturated rings.